The van der Waals surface area contributed by atoms with Gasteiger partial charge in [0, 0.05) is 19.5 Å². The normalized spacial score (nSPS) is 20.4. The summed E-state index contributed by atoms with van der Waals surface area (Å²) in [6.07, 6.45) is 1.99. The SMILES string of the molecule is CC(C)(C(=O)NC1(CO)CCOCC1)S(C)(=O)=O. The zero-order chi connectivity index (χ0) is 14.0. The van der Waals surface area contributed by atoms with Crippen LogP contribution in [-0.4, -0.2) is 55.8 Å². The largest absolute Gasteiger partial charge is 0.394 e. The molecule has 18 heavy (non-hydrogen) atoms. The van der Waals surface area contributed by atoms with E-state index in [1.54, 1.807) is 0 Å². The van der Waals surface area contributed by atoms with Gasteiger partial charge in [0.2, 0.25) is 5.91 Å². The first kappa shape index (κ1) is 15.4. The Kier molecular flexibility index (Phi) is 4.40. The second-order valence-electron chi connectivity index (χ2n) is 5.29. The van der Waals surface area contributed by atoms with Gasteiger partial charge in [0.05, 0.1) is 12.1 Å². The van der Waals surface area contributed by atoms with Gasteiger partial charge in [-0.3, -0.25) is 4.79 Å². The molecule has 1 heterocycles. The summed E-state index contributed by atoms with van der Waals surface area (Å²) in [6.45, 7) is 3.40. The third-order valence-electron chi connectivity index (χ3n) is 3.61. The molecule has 0 unspecified atom stereocenters. The van der Waals surface area contributed by atoms with E-state index in [4.69, 9.17) is 4.74 Å². The highest BCUT2D eigenvalue weighted by Gasteiger charge is 2.43. The molecule has 0 saturated carbocycles. The topological polar surface area (TPSA) is 92.7 Å². The minimum absolute atomic E-state index is 0.220. The number of hydrogen-bond acceptors (Lipinski definition) is 5. The third-order valence-corrected chi connectivity index (χ3v) is 5.64. The Morgan fingerprint density at radius 3 is 2.28 bits per heavy atom. The number of aliphatic hydroxyl groups excluding tert-OH is 1. The lowest BCUT2D eigenvalue weighted by Crippen LogP contribution is -2.60. The molecule has 2 N–H and O–H groups in total. The van der Waals surface area contributed by atoms with Crippen LogP contribution in [0.5, 0.6) is 0 Å². The summed E-state index contributed by atoms with van der Waals surface area (Å²) in [7, 11) is -3.51. The van der Waals surface area contributed by atoms with E-state index in [1.165, 1.54) is 13.8 Å². The van der Waals surface area contributed by atoms with Gasteiger partial charge in [-0.2, -0.15) is 0 Å². The number of carbonyl (C=O) groups is 1. The molecule has 7 heteroatoms. The van der Waals surface area contributed by atoms with Gasteiger partial charge < -0.3 is 15.2 Å². The molecule has 0 atom stereocenters. The molecule has 1 amide bonds. The Bertz CT molecular complexity index is 409. The van der Waals surface area contributed by atoms with Crippen LogP contribution in [0.4, 0.5) is 0 Å². The molecule has 106 valence electrons. The van der Waals surface area contributed by atoms with Crippen molar-refractivity contribution in [3.8, 4) is 0 Å². The number of aliphatic hydroxyl groups is 1. The van der Waals surface area contributed by atoms with E-state index in [1.807, 2.05) is 0 Å². The molecule has 0 aromatic heterocycles. The molecule has 0 spiro atoms. The second kappa shape index (κ2) is 5.14. The highest BCUT2D eigenvalue weighted by molar-refractivity contribution is 7.92. The average Bonchev–Trinajstić information content (AvgIpc) is 2.28. The number of carbonyl (C=O) groups excluding carboxylic acids is 1. The van der Waals surface area contributed by atoms with Crippen LogP contribution in [0, 0.1) is 0 Å². The fourth-order valence-electron chi connectivity index (χ4n) is 1.64. The number of rotatable bonds is 4. The molecule has 1 aliphatic rings. The minimum Gasteiger partial charge on any atom is -0.394 e. The van der Waals surface area contributed by atoms with Crippen LogP contribution in [0.15, 0.2) is 0 Å². The Balaban J connectivity index is 2.86. The van der Waals surface area contributed by atoms with Crippen LogP contribution in [0.25, 0.3) is 0 Å². The smallest absolute Gasteiger partial charge is 0.241 e. The van der Waals surface area contributed by atoms with E-state index < -0.39 is 26.0 Å². The molecule has 1 fully saturated rings. The highest BCUT2D eigenvalue weighted by Crippen LogP contribution is 2.23. The molecular weight excluding hydrogens is 258 g/mol. The second-order valence-corrected chi connectivity index (χ2v) is 7.85. The van der Waals surface area contributed by atoms with Crippen LogP contribution in [0.3, 0.4) is 0 Å². The van der Waals surface area contributed by atoms with Crippen molar-refractivity contribution in [2.75, 3.05) is 26.1 Å². The standard InChI is InChI=1S/C11H21NO5S/c1-10(2,18(3,15)16)9(14)12-11(8-13)4-6-17-7-5-11/h13H,4-8H2,1-3H3,(H,12,14). The molecule has 0 bridgehead atoms. The van der Waals surface area contributed by atoms with E-state index in [0.717, 1.165) is 6.26 Å². The fourth-order valence-corrected chi connectivity index (χ4v) is 2.03. The van der Waals surface area contributed by atoms with Gasteiger partial charge in [-0.1, -0.05) is 0 Å². The molecule has 0 aliphatic carbocycles. The lowest BCUT2D eigenvalue weighted by Gasteiger charge is -2.38. The van der Waals surface area contributed by atoms with Crippen LogP contribution >= 0.6 is 0 Å². The number of nitrogens with one attached hydrogen (secondary N) is 1. The van der Waals surface area contributed by atoms with Gasteiger partial charge >= 0.3 is 0 Å². The summed E-state index contributed by atoms with van der Waals surface area (Å²) in [4.78, 5) is 12.1. The van der Waals surface area contributed by atoms with Gasteiger partial charge in [0.1, 0.15) is 4.75 Å². The first-order chi connectivity index (χ1) is 8.15. The zero-order valence-electron chi connectivity index (χ0n) is 11.0. The Hall–Kier alpha value is -0.660. The van der Waals surface area contributed by atoms with Crippen LogP contribution < -0.4 is 5.32 Å². The van der Waals surface area contributed by atoms with E-state index in [0.29, 0.717) is 26.1 Å². The van der Waals surface area contributed by atoms with E-state index in [2.05, 4.69) is 5.32 Å². The van der Waals surface area contributed by atoms with Crippen LogP contribution in [0.2, 0.25) is 0 Å². The van der Waals surface area contributed by atoms with Crippen LogP contribution in [0.1, 0.15) is 26.7 Å². The van der Waals surface area contributed by atoms with E-state index in [-0.39, 0.29) is 6.61 Å². The number of hydrogen-bond donors (Lipinski definition) is 2. The molecule has 0 aromatic rings. The van der Waals surface area contributed by atoms with E-state index in [9.17, 15) is 18.3 Å². The van der Waals surface area contributed by atoms with Crippen LogP contribution in [-0.2, 0) is 19.4 Å². The lowest BCUT2D eigenvalue weighted by atomic mass is 9.90. The van der Waals surface area contributed by atoms with Gasteiger partial charge in [0.15, 0.2) is 9.84 Å². The zero-order valence-corrected chi connectivity index (χ0v) is 11.8. The summed E-state index contributed by atoms with van der Waals surface area (Å²) in [5.41, 5.74) is -0.767. The van der Waals surface area contributed by atoms with Crippen molar-refractivity contribution in [3.63, 3.8) is 0 Å². The van der Waals surface area contributed by atoms with Crippen molar-refractivity contribution in [1.82, 2.24) is 5.32 Å². The van der Waals surface area contributed by atoms with Gasteiger partial charge in [-0.15, -0.1) is 0 Å². The summed E-state index contributed by atoms with van der Waals surface area (Å²) < 4.78 is 26.8. The molecule has 0 radical (unpaired) electrons. The van der Waals surface area contributed by atoms with Crippen molar-refractivity contribution >= 4 is 15.7 Å². The number of ether oxygens (including phenoxy) is 1. The monoisotopic (exact) mass is 279 g/mol. The maximum Gasteiger partial charge on any atom is 0.241 e. The molecule has 1 rings (SSSR count). The molecule has 6 nitrogen and oxygen atoms in total. The van der Waals surface area contributed by atoms with Crippen molar-refractivity contribution in [2.24, 2.45) is 0 Å². The molecule has 1 saturated heterocycles. The number of sulfone groups is 1. The lowest BCUT2D eigenvalue weighted by molar-refractivity contribution is -0.127. The molecular formula is C11H21NO5S. The van der Waals surface area contributed by atoms with Crippen molar-refractivity contribution < 1.29 is 23.1 Å². The maximum atomic E-state index is 12.1. The molecule has 0 aromatic carbocycles. The summed E-state index contributed by atoms with van der Waals surface area (Å²) in [5.74, 6) is -0.582. The first-order valence-corrected chi connectivity index (χ1v) is 7.75. The predicted molar refractivity (Wildman–Crippen MR) is 66.9 cm³/mol. The maximum absolute atomic E-state index is 12.1. The predicted octanol–water partition coefficient (Wildman–Crippen LogP) is -0.533. The van der Waals surface area contributed by atoms with Gasteiger partial charge in [-0.25, -0.2) is 8.42 Å². The third kappa shape index (κ3) is 3.02. The molecule has 1 aliphatic heterocycles. The summed E-state index contributed by atoms with van der Waals surface area (Å²) in [6, 6.07) is 0. The van der Waals surface area contributed by atoms with E-state index >= 15 is 0 Å². The Labute approximate surface area is 108 Å². The summed E-state index contributed by atoms with van der Waals surface area (Å²) in [5, 5.41) is 12.1. The fraction of sp³-hybridized carbons (Fsp3) is 0.909. The first-order valence-electron chi connectivity index (χ1n) is 5.85. The van der Waals surface area contributed by atoms with Gasteiger partial charge in [-0.05, 0) is 26.7 Å². The highest BCUT2D eigenvalue weighted by atomic mass is 32.2. The number of amides is 1. The average molecular weight is 279 g/mol. The summed E-state index contributed by atoms with van der Waals surface area (Å²) >= 11 is 0. The van der Waals surface area contributed by atoms with Crippen molar-refractivity contribution in [2.45, 2.75) is 37.0 Å². The quantitative estimate of drug-likeness (QED) is 0.721. The Morgan fingerprint density at radius 1 is 1.39 bits per heavy atom. The minimum atomic E-state index is -3.51. The van der Waals surface area contributed by atoms with Gasteiger partial charge in [0.25, 0.3) is 0 Å². The van der Waals surface area contributed by atoms with Crippen molar-refractivity contribution in [1.29, 1.82) is 0 Å². The Morgan fingerprint density at radius 2 is 1.89 bits per heavy atom. The van der Waals surface area contributed by atoms with Crippen molar-refractivity contribution in [3.05, 3.63) is 0 Å².